The number of hydrogen-bond acceptors (Lipinski definition) is 2. The molecule has 0 heterocycles. The van der Waals surface area contributed by atoms with Crippen LogP contribution in [0.15, 0.2) is 24.3 Å². The molecule has 0 radical (unpaired) electrons. The highest BCUT2D eigenvalue weighted by molar-refractivity contribution is 5.35. The summed E-state index contributed by atoms with van der Waals surface area (Å²) in [5.74, 6) is 3.16. The van der Waals surface area contributed by atoms with E-state index in [1.54, 1.807) is 6.92 Å². The van der Waals surface area contributed by atoms with E-state index in [2.05, 4.69) is 19.1 Å². The second-order valence-corrected chi connectivity index (χ2v) is 11.1. The number of halogens is 2. The summed E-state index contributed by atoms with van der Waals surface area (Å²) in [5.41, 5.74) is 0. The third-order valence-corrected chi connectivity index (χ3v) is 9.08. The third-order valence-electron chi connectivity index (χ3n) is 9.08. The average molecular weight is 475 g/mol. The number of rotatable bonds is 9. The van der Waals surface area contributed by atoms with Gasteiger partial charge in [-0.05, 0) is 132 Å². The molecule has 0 aliphatic heterocycles. The fourth-order valence-electron chi connectivity index (χ4n) is 7.14. The maximum Gasteiger partial charge on any atom is 0.204 e. The number of ether oxygens (including phenoxy) is 2. The minimum absolute atomic E-state index is 0.00252. The monoisotopic (exact) mass is 474 g/mol. The maximum absolute atomic E-state index is 14.3. The fraction of sp³-hybridized carbons (Fsp3) is 0.733. The molecule has 1 aromatic carbocycles. The molecule has 3 aliphatic rings. The molecule has 0 amide bonds. The van der Waals surface area contributed by atoms with Crippen molar-refractivity contribution in [1.82, 2.24) is 0 Å². The van der Waals surface area contributed by atoms with Gasteiger partial charge in [0.15, 0.2) is 11.5 Å². The molecule has 0 spiro atoms. The lowest BCUT2D eigenvalue weighted by Crippen LogP contribution is -2.35. The molecule has 4 atom stereocenters. The Morgan fingerprint density at radius 2 is 1.32 bits per heavy atom. The SMILES string of the molecule is C/C=C/CCC1CCC2CC(C3CCC(COc4ccc(OCC)c(F)c4F)CC3)CCC2C1. The van der Waals surface area contributed by atoms with Gasteiger partial charge in [0.2, 0.25) is 11.6 Å². The van der Waals surface area contributed by atoms with Gasteiger partial charge in [-0.2, -0.15) is 8.78 Å². The number of fused-ring (bicyclic) bond motifs is 1. The first-order chi connectivity index (χ1) is 16.6. The molecule has 190 valence electrons. The molecule has 34 heavy (non-hydrogen) atoms. The molecule has 3 fully saturated rings. The first-order valence-electron chi connectivity index (χ1n) is 13.9. The second kappa shape index (κ2) is 12.4. The molecule has 1 aromatic rings. The molecule has 0 saturated heterocycles. The van der Waals surface area contributed by atoms with E-state index in [9.17, 15) is 8.78 Å². The smallest absolute Gasteiger partial charge is 0.204 e. The van der Waals surface area contributed by atoms with E-state index < -0.39 is 11.6 Å². The van der Waals surface area contributed by atoms with Gasteiger partial charge in [-0.15, -0.1) is 0 Å². The van der Waals surface area contributed by atoms with Crippen molar-refractivity contribution in [3.63, 3.8) is 0 Å². The predicted molar refractivity (Wildman–Crippen MR) is 134 cm³/mol. The van der Waals surface area contributed by atoms with E-state index in [4.69, 9.17) is 9.47 Å². The van der Waals surface area contributed by atoms with Gasteiger partial charge in [-0.3, -0.25) is 0 Å². The molecule has 4 unspecified atom stereocenters. The van der Waals surface area contributed by atoms with Crippen LogP contribution in [0, 0.1) is 47.1 Å². The standard InChI is InChI=1S/C30H44F2O2/c1-3-5-6-7-21-8-13-26-19-25(15-14-24(26)18-21)23-11-9-22(10-12-23)20-34-28-17-16-27(33-4-2)29(31)30(28)32/h3,5,16-17,21-26H,4,6-15,18-20H2,1-2H3/b5-3+. The molecule has 4 rings (SSSR count). The number of hydrogen-bond donors (Lipinski definition) is 0. The van der Waals surface area contributed by atoms with Crippen LogP contribution in [-0.4, -0.2) is 13.2 Å². The Labute approximate surface area is 205 Å². The molecular weight excluding hydrogens is 430 g/mol. The first kappa shape index (κ1) is 25.5. The quantitative estimate of drug-likeness (QED) is 0.333. The summed E-state index contributed by atoms with van der Waals surface area (Å²) in [6.45, 7) is 4.66. The van der Waals surface area contributed by atoms with Gasteiger partial charge >= 0.3 is 0 Å². The van der Waals surface area contributed by atoms with E-state index in [-0.39, 0.29) is 11.5 Å². The minimum atomic E-state index is -0.953. The molecule has 3 saturated carbocycles. The van der Waals surface area contributed by atoms with E-state index in [1.165, 1.54) is 76.3 Å². The van der Waals surface area contributed by atoms with E-state index in [0.717, 1.165) is 42.4 Å². The zero-order chi connectivity index (χ0) is 23.9. The van der Waals surface area contributed by atoms with Crippen LogP contribution in [-0.2, 0) is 0 Å². The molecule has 3 aliphatic carbocycles. The van der Waals surface area contributed by atoms with Gasteiger partial charge in [-0.25, -0.2) is 0 Å². The van der Waals surface area contributed by atoms with Gasteiger partial charge in [0, 0.05) is 0 Å². The number of benzene rings is 1. The predicted octanol–water partition coefficient (Wildman–Crippen LogP) is 8.74. The van der Waals surface area contributed by atoms with Crippen LogP contribution in [0.2, 0.25) is 0 Å². The van der Waals surface area contributed by atoms with Crippen molar-refractivity contribution >= 4 is 0 Å². The van der Waals surface area contributed by atoms with Crippen molar-refractivity contribution in [2.75, 3.05) is 13.2 Å². The topological polar surface area (TPSA) is 18.5 Å². The first-order valence-corrected chi connectivity index (χ1v) is 13.9. The van der Waals surface area contributed by atoms with Crippen molar-refractivity contribution in [3.8, 4) is 11.5 Å². The highest BCUT2D eigenvalue weighted by Crippen LogP contribution is 2.49. The summed E-state index contributed by atoms with van der Waals surface area (Å²) < 4.78 is 39.2. The lowest BCUT2D eigenvalue weighted by Gasteiger charge is -2.45. The lowest BCUT2D eigenvalue weighted by atomic mass is 9.60. The van der Waals surface area contributed by atoms with Gasteiger partial charge in [0.1, 0.15) is 0 Å². The van der Waals surface area contributed by atoms with Crippen LogP contribution in [0.1, 0.15) is 90.9 Å². The largest absolute Gasteiger partial charge is 0.491 e. The molecule has 2 nitrogen and oxygen atoms in total. The lowest BCUT2D eigenvalue weighted by molar-refractivity contribution is 0.0547. The van der Waals surface area contributed by atoms with Crippen LogP contribution >= 0.6 is 0 Å². The molecular formula is C30H44F2O2. The second-order valence-electron chi connectivity index (χ2n) is 11.1. The van der Waals surface area contributed by atoms with Crippen molar-refractivity contribution in [2.45, 2.75) is 90.9 Å². The highest BCUT2D eigenvalue weighted by atomic mass is 19.2. The summed E-state index contributed by atoms with van der Waals surface area (Å²) in [5, 5.41) is 0. The normalized spacial score (nSPS) is 31.9. The van der Waals surface area contributed by atoms with E-state index >= 15 is 0 Å². The van der Waals surface area contributed by atoms with Crippen LogP contribution in [0.25, 0.3) is 0 Å². The summed E-state index contributed by atoms with van der Waals surface area (Å²) in [6.07, 6.45) is 20.7. The van der Waals surface area contributed by atoms with Gasteiger partial charge in [0.25, 0.3) is 0 Å². The van der Waals surface area contributed by atoms with Crippen molar-refractivity contribution in [3.05, 3.63) is 35.9 Å². The van der Waals surface area contributed by atoms with Crippen molar-refractivity contribution in [2.24, 2.45) is 35.5 Å². The van der Waals surface area contributed by atoms with Gasteiger partial charge in [0.05, 0.1) is 13.2 Å². The maximum atomic E-state index is 14.3. The van der Waals surface area contributed by atoms with Crippen LogP contribution in [0.4, 0.5) is 8.78 Å². The van der Waals surface area contributed by atoms with Crippen LogP contribution < -0.4 is 9.47 Å². The zero-order valence-corrected chi connectivity index (χ0v) is 21.2. The Hall–Kier alpha value is -1.58. The third kappa shape index (κ3) is 6.34. The summed E-state index contributed by atoms with van der Waals surface area (Å²) in [4.78, 5) is 0. The average Bonchev–Trinajstić information content (AvgIpc) is 2.86. The summed E-state index contributed by atoms with van der Waals surface area (Å²) in [7, 11) is 0. The van der Waals surface area contributed by atoms with E-state index in [1.807, 2.05) is 0 Å². The fourth-order valence-corrected chi connectivity index (χ4v) is 7.14. The molecule has 0 bridgehead atoms. The highest BCUT2D eigenvalue weighted by Gasteiger charge is 2.38. The zero-order valence-electron chi connectivity index (χ0n) is 21.2. The van der Waals surface area contributed by atoms with Crippen molar-refractivity contribution in [1.29, 1.82) is 0 Å². The van der Waals surface area contributed by atoms with Gasteiger partial charge < -0.3 is 9.47 Å². The molecule has 0 N–H and O–H groups in total. The number of allylic oxidation sites excluding steroid dienone is 2. The molecule has 0 aromatic heterocycles. The van der Waals surface area contributed by atoms with Crippen LogP contribution in [0.3, 0.4) is 0 Å². The Morgan fingerprint density at radius 1 is 0.765 bits per heavy atom. The minimum Gasteiger partial charge on any atom is -0.491 e. The molecule has 4 heteroatoms. The van der Waals surface area contributed by atoms with Crippen molar-refractivity contribution < 1.29 is 18.3 Å². The Morgan fingerprint density at radius 3 is 2.00 bits per heavy atom. The Balaban J connectivity index is 1.19. The Kier molecular flexibility index (Phi) is 9.31. The van der Waals surface area contributed by atoms with Crippen LogP contribution in [0.5, 0.6) is 11.5 Å². The van der Waals surface area contributed by atoms with E-state index in [0.29, 0.717) is 19.1 Å². The van der Waals surface area contributed by atoms with Gasteiger partial charge in [-0.1, -0.05) is 18.6 Å². The Bertz CT molecular complexity index is 799. The summed E-state index contributed by atoms with van der Waals surface area (Å²) >= 11 is 0. The summed E-state index contributed by atoms with van der Waals surface area (Å²) in [6, 6.07) is 2.95.